The first-order chi connectivity index (χ1) is 10.0. The quantitative estimate of drug-likeness (QED) is 0.648. The van der Waals surface area contributed by atoms with Gasteiger partial charge in [-0.2, -0.15) is 0 Å². The van der Waals surface area contributed by atoms with E-state index in [0.29, 0.717) is 11.4 Å². The van der Waals surface area contributed by atoms with Crippen molar-refractivity contribution < 1.29 is 9.66 Å². The van der Waals surface area contributed by atoms with Crippen LogP contribution in [0.5, 0.6) is 5.75 Å². The Morgan fingerprint density at radius 3 is 2.43 bits per heavy atom. The molecule has 0 aliphatic heterocycles. The largest absolute Gasteiger partial charge is 0.497 e. The molecule has 6 nitrogen and oxygen atoms in total. The average molecular weight is 287 g/mol. The number of methoxy groups -OCH3 is 1. The molecule has 110 valence electrons. The number of rotatable bonds is 5. The molecule has 0 atom stereocenters. The Morgan fingerprint density at radius 1 is 1.05 bits per heavy atom. The number of nitrogens with zero attached hydrogens (tertiary/aromatic N) is 1. The van der Waals surface area contributed by atoms with Crippen molar-refractivity contribution >= 4 is 17.1 Å². The molecule has 2 N–H and O–H groups in total. The van der Waals surface area contributed by atoms with Crippen LogP contribution in [-0.4, -0.2) is 12.0 Å². The van der Waals surface area contributed by atoms with E-state index in [9.17, 15) is 10.1 Å². The molecule has 0 fully saturated rings. The number of nitrogens with one attached hydrogen (secondary N) is 2. The predicted molar refractivity (Wildman–Crippen MR) is 82.8 cm³/mol. The van der Waals surface area contributed by atoms with Crippen molar-refractivity contribution in [3.05, 3.63) is 57.6 Å². The van der Waals surface area contributed by atoms with Gasteiger partial charge in [0.15, 0.2) is 0 Å². The number of ether oxygens (including phenoxy) is 1. The van der Waals surface area contributed by atoms with Crippen molar-refractivity contribution in [3.8, 4) is 5.75 Å². The van der Waals surface area contributed by atoms with Gasteiger partial charge in [0, 0.05) is 12.1 Å². The molecule has 0 saturated heterocycles. The lowest BCUT2D eigenvalue weighted by atomic mass is 10.2. The van der Waals surface area contributed by atoms with Crippen molar-refractivity contribution in [2.24, 2.45) is 0 Å². The fourth-order valence-corrected chi connectivity index (χ4v) is 1.90. The maximum absolute atomic E-state index is 11.1. The number of nitro benzene ring substituents is 1. The van der Waals surface area contributed by atoms with Crippen LogP contribution in [0, 0.1) is 24.0 Å². The summed E-state index contributed by atoms with van der Waals surface area (Å²) in [6.07, 6.45) is 0. The number of hydrogen-bond acceptors (Lipinski definition) is 5. The summed E-state index contributed by atoms with van der Waals surface area (Å²) in [7, 11) is 1.59. The van der Waals surface area contributed by atoms with E-state index in [1.165, 1.54) is 6.07 Å². The summed E-state index contributed by atoms with van der Waals surface area (Å²) in [5.74, 6) is 0.711. The van der Waals surface area contributed by atoms with Crippen LogP contribution in [-0.2, 0) is 0 Å². The number of hydrogen-bond donors (Lipinski definition) is 2. The second kappa shape index (κ2) is 6.13. The Hall–Kier alpha value is -2.76. The van der Waals surface area contributed by atoms with Crippen molar-refractivity contribution in [1.29, 1.82) is 0 Å². The standard InChI is InChI=1S/C15H17N3O3/c1-10-4-7-13(15(8-10)18(19)20)16-17-14-9-12(21-3)6-5-11(14)2/h4-9,16-17H,1-3H3. The zero-order chi connectivity index (χ0) is 15.4. The summed E-state index contributed by atoms with van der Waals surface area (Å²) in [4.78, 5) is 10.7. The van der Waals surface area contributed by atoms with Crippen molar-refractivity contribution in [2.45, 2.75) is 13.8 Å². The van der Waals surface area contributed by atoms with E-state index in [0.717, 1.165) is 16.8 Å². The molecule has 0 spiro atoms. The molecule has 0 heterocycles. The van der Waals surface area contributed by atoms with Gasteiger partial charge in [-0.15, -0.1) is 0 Å². The lowest BCUT2D eigenvalue weighted by molar-refractivity contribution is -0.384. The lowest BCUT2D eigenvalue weighted by Gasteiger charge is -2.13. The van der Waals surface area contributed by atoms with Crippen LogP contribution in [0.2, 0.25) is 0 Å². The van der Waals surface area contributed by atoms with E-state index < -0.39 is 4.92 Å². The Balaban J connectivity index is 2.22. The van der Waals surface area contributed by atoms with Crippen molar-refractivity contribution in [1.82, 2.24) is 0 Å². The predicted octanol–water partition coefficient (Wildman–Crippen LogP) is 3.66. The van der Waals surface area contributed by atoms with Gasteiger partial charge in [0.25, 0.3) is 5.69 Å². The topological polar surface area (TPSA) is 76.4 Å². The first-order valence-corrected chi connectivity index (χ1v) is 6.43. The van der Waals surface area contributed by atoms with Gasteiger partial charge in [-0.1, -0.05) is 12.1 Å². The molecule has 6 heteroatoms. The van der Waals surface area contributed by atoms with Gasteiger partial charge in [0.2, 0.25) is 0 Å². The zero-order valence-electron chi connectivity index (χ0n) is 12.1. The Bertz CT molecular complexity index is 671. The Morgan fingerprint density at radius 2 is 1.76 bits per heavy atom. The molecule has 0 bridgehead atoms. The van der Waals surface area contributed by atoms with E-state index in [2.05, 4.69) is 10.9 Å². The van der Waals surface area contributed by atoms with Gasteiger partial charge in [-0.3, -0.25) is 15.5 Å². The SMILES string of the molecule is COc1ccc(C)c(NNc2ccc(C)cc2[N+](=O)[O-])c1. The van der Waals surface area contributed by atoms with Crippen molar-refractivity contribution in [2.75, 3.05) is 18.0 Å². The minimum atomic E-state index is -0.407. The first kappa shape index (κ1) is 14.6. The summed E-state index contributed by atoms with van der Waals surface area (Å²) >= 11 is 0. The third-order valence-electron chi connectivity index (χ3n) is 3.13. The van der Waals surface area contributed by atoms with E-state index in [4.69, 9.17) is 4.74 Å². The molecular weight excluding hydrogens is 270 g/mol. The molecule has 0 amide bonds. The third kappa shape index (κ3) is 3.42. The second-order valence-corrected chi connectivity index (χ2v) is 4.71. The molecule has 0 unspecified atom stereocenters. The molecule has 0 aliphatic rings. The molecule has 21 heavy (non-hydrogen) atoms. The molecular formula is C15H17N3O3. The number of aryl methyl sites for hydroxylation is 2. The molecule has 0 aliphatic carbocycles. The summed E-state index contributed by atoms with van der Waals surface area (Å²) in [6, 6.07) is 10.6. The molecule has 2 aromatic rings. The number of hydrazine groups is 1. The molecule has 2 rings (SSSR count). The zero-order valence-corrected chi connectivity index (χ0v) is 12.1. The van der Waals surface area contributed by atoms with E-state index in [-0.39, 0.29) is 5.69 Å². The minimum Gasteiger partial charge on any atom is -0.497 e. The summed E-state index contributed by atoms with van der Waals surface area (Å²) in [5.41, 5.74) is 8.94. The number of benzene rings is 2. The van der Waals surface area contributed by atoms with Crippen LogP contribution in [0.25, 0.3) is 0 Å². The molecule has 2 aromatic carbocycles. The fraction of sp³-hybridized carbons (Fsp3) is 0.200. The van der Waals surface area contributed by atoms with Crippen LogP contribution in [0.3, 0.4) is 0 Å². The minimum absolute atomic E-state index is 0.0306. The van der Waals surface area contributed by atoms with E-state index >= 15 is 0 Å². The molecule has 0 aromatic heterocycles. The summed E-state index contributed by atoms with van der Waals surface area (Å²) in [5, 5.41) is 11.1. The highest BCUT2D eigenvalue weighted by atomic mass is 16.6. The van der Waals surface area contributed by atoms with Crippen molar-refractivity contribution in [3.63, 3.8) is 0 Å². The number of nitro groups is 1. The maximum Gasteiger partial charge on any atom is 0.294 e. The Kier molecular flexibility index (Phi) is 4.27. The molecule has 0 radical (unpaired) electrons. The van der Waals surface area contributed by atoms with Gasteiger partial charge in [0.05, 0.1) is 17.7 Å². The van der Waals surface area contributed by atoms with E-state index in [1.54, 1.807) is 13.2 Å². The van der Waals surface area contributed by atoms with E-state index in [1.807, 2.05) is 38.1 Å². The van der Waals surface area contributed by atoms with Crippen LogP contribution in [0.1, 0.15) is 11.1 Å². The third-order valence-corrected chi connectivity index (χ3v) is 3.13. The highest BCUT2D eigenvalue weighted by Crippen LogP contribution is 2.27. The Labute approximate surface area is 122 Å². The van der Waals surface area contributed by atoms with Gasteiger partial charge < -0.3 is 10.2 Å². The monoisotopic (exact) mass is 287 g/mol. The number of anilines is 2. The fourth-order valence-electron chi connectivity index (χ4n) is 1.90. The van der Waals surface area contributed by atoms with Crippen LogP contribution in [0.4, 0.5) is 17.1 Å². The van der Waals surface area contributed by atoms with Crippen LogP contribution < -0.4 is 15.6 Å². The smallest absolute Gasteiger partial charge is 0.294 e. The first-order valence-electron chi connectivity index (χ1n) is 6.43. The van der Waals surface area contributed by atoms with Crippen LogP contribution >= 0.6 is 0 Å². The normalized spacial score (nSPS) is 10.0. The highest BCUT2D eigenvalue weighted by Gasteiger charge is 2.13. The summed E-state index contributed by atoms with van der Waals surface area (Å²) < 4.78 is 5.16. The molecule has 0 saturated carbocycles. The van der Waals surface area contributed by atoms with Gasteiger partial charge >= 0.3 is 0 Å². The van der Waals surface area contributed by atoms with Gasteiger partial charge in [-0.05, 0) is 37.1 Å². The lowest BCUT2D eigenvalue weighted by Crippen LogP contribution is -2.11. The second-order valence-electron chi connectivity index (χ2n) is 4.71. The van der Waals surface area contributed by atoms with Crippen LogP contribution in [0.15, 0.2) is 36.4 Å². The highest BCUT2D eigenvalue weighted by molar-refractivity contribution is 5.66. The van der Waals surface area contributed by atoms with Gasteiger partial charge in [-0.25, -0.2) is 0 Å². The average Bonchev–Trinajstić information content (AvgIpc) is 2.47. The maximum atomic E-state index is 11.1. The van der Waals surface area contributed by atoms with Gasteiger partial charge in [0.1, 0.15) is 11.4 Å². The summed E-state index contributed by atoms with van der Waals surface area (Å²) in [6.45, 7) is 3.75.